The van der Waals surface area contributed by atoms with Gasteiger partial charge in [0.1, 0.15) is 5.82 Å². The molecule has 0 radical (unpaired) electrons. The van der Waals surface area contributed by atoms with Crippen LogP contribution in [0.15, 0.2) is 42.9 Å². The molecular weight excluding hydrogens is 254 g/mol. The van der Waals surface area contributed by atoms with Gasteiger partial charge in [0.05, 0.1) is 5.69 Å². The average Bonchev–Trinajstić information content (AvgIpc) is 2.52. The third kappa shape index (κ3) is 3.94. The number of carbonyl (C=O) groups is 1. The van der Waals surface area contributed by atoms with E-state index in [9.17, 15) is 4.79 Å². The highest BCUT2D eigenvalue weighted by molar-refractivity contribution is 5.94. The van der Waals surface area contributed by atoms with Crippen molar-refractivity contribution >= 4 is 17.4 Å². The Morgan fingerprint density at radius 1 is 1.25 bits per heavy atom. The minimum atomic E-state index is -0.114. The van der Waals surface area contributed by atoms with Gasteiger partial charge in [0.25, 0.3) is 5.91 Å². The van der Waals surface area contributed by atoms with Crippen molar-refractivity contribution in [2.75, 3.05) is 30.8 Å². The number of pyridine rings is 2. The van der Waals surface area contributed by atoms with E-state index in [1.807, 2.05) is 12.1 Å². The summed E-state index contributed by atoms with van der Waals surface area (Å²) in [6, 6.07) is 7.18. The van der Waals surface area contributed by atoms with Gasteiger partial charge in [-0.1, -0.05) is 0 Å². The Labute approximate surface area is 117 Å². The van der Waals surface area contributed by atoms with E-state index in [1.165, 1.54) is 0 Å². The monoisotopic (exact) mass is 271 g/mol. The van der Waals surface area contributed by atoms with E-state index < -0.39 is 0 Å². The summed E-state index contributed by atoms with van der Waals surface area (Å²) >= 11 is 0. The number of amides is 1. The number of nitrogens with zero attached hydrogens (tertiary/aromatic N) is 2. The van der Waals surface area contributed by atoms with Gasteiger partial charge in [-0.25, -0.2) is 4.98 Å². The summed E-state index contributed by atoms with van der Waals surface area (Å²) in [5.74, 6) is 0.558. The predicted octanol–water partition coefficient (Wildman–Crippen LogP) is 1.36. The van der Waals surface area contributed by atoms with Gasteiger partial charge in [-0.3, -0.25) is 9.78 Å². The van der Waals surface area contributed by atoms with E-state index in [-0.39, 0.29) is 5.91 Å². The molecule has 0 spiro atoms. The zero-order valence-electron chi connectivity index (χ0n) is 11.3. The van der Waals surface area contributed by atoms with Crippen molar-refractivity contribution in [3.63, 3.8) is 0 Å². The largest absolute Gasteiger partial charge is 0.382 e. The summed E-state index contributed by atoms with van der Waals surface area (Å²) in [4.78, 5) is 20.0. The normalized spacial score (nSPS) is 9.85. The summed E-state index contributed by atoms with van der Waals surface area (Å²) in [5.41, 5.74) is 1.52. The SMILES string of the molecule is CNc1cc(C(=O)NCCNc2cccnc2)ccn1. The van der Waals surface area contributed by atoms with Crippen LogP contribution in [0.5, 0.6) is 0 Å². The highest BCUT2D eigenvalue weighted by Gasteiger charge is 2.05. The maximum Gasteiger partial charge on any atom is 0.251 e. The van der Waals surface area contributed by atoms with Crippen LogP contribution in [0.1, 0.15) is 10.4 Å². The van der Waals surface area contributed by atoms with Gasteiger partial charge >= 0.3 is 0 Å². The van der Waals surface area contributed by atoms with Gasteiger partial charge in [0, 0.05) is 44.3 Å². The van der Waals surface area contributed by atoms with Crippen LogP contribution >= 0.6 is 0 Å². The lowest BCUT2D eigenvalue weighted by Crippen LogP contribution is -2.28. The van der Waals surface area contributed by atoms with E-state index >= 15 is 0 Å². The van der Waals surface area contributed by atoms with E-state index in [0.29, 0.717) is 24.5 Å². The van der Waals surface area contributed by atoms with Crippen LogP contribution in [0.4, 0.5) is 11.5 Å². The standard InChI is InChI=1S/C14H17N5O/c1-15-13-9-11(4-6-18-13)14(20)19-8-7-17-12-3-2-5-16-10-12/h2-6,9-10,17H,7-8H2,1H3,(H,15,18)(H,19,20). The zero-order chi connectivity index (χ0) is 14.2. The van der Waals surface area contributed by atoms with Crippen molar-refractivity contribution in [1.29, 1.82) is 0 Å². The van der Waals surface area contributed by atoms with Crippen LogP contribution in [0, 0.1) is 0 Å². The summed E-state index contributed by atoms with van der Waals surface area (Å²) in [7, 11) is 1.77. The topological polar surface area (TPSA) is 78.9 Å². The van der Waals surface area contributed by atoms with E-state index in [0.717, 1.165) is 5.69 Å². The minimum Gasteiger partial charge on any atom is -0.382 e. The molecule has 6 nitrogen and oxygen atoms in total. The lowest BCUT2D eigenvalue weighted by Gasteiger charge is -2.08. The molecule has 0 aromatic carbocycles. The maximum atomic E-state index is 11.9. The molecule has 0 fully saturated rings. The number of hydrogen-bond donors (Lipinski definition) is 3. The first-order chi connectivity index (χ1) is 9.79. The molecule has 2 rings (SSSR count). The Bertz CT molecular complexity index is 559. The summed E-state index contributed by atoms with van der Waals surface area (Å²) in [6.45, 7) is 1.17. The number of carbonyl (C=O) groups excluding carboxylic acids is 1. The zero-order valence-corrected chi connectivity index (χ0v) is 11.3. The summed E-state index contributed by atoms with van der Waals surface area (Å²) < 4.78 is 0. The summed E-state index contributed by atoms with van der Waals surface area (Å²) in [5, 5.41) is 8.92. The molecule has 1 amide bonds. The second-order valence-electron chi connectivity index (χ2n) is 4.10. The van der Waals surface area contributed by atoms with Gasteiger partial charge < -0.3 is 16.0 Å². The number of nitrogens with one attached hydrogen (secondary N) is 3. The number of rotatable bonds is 6. The molecule has 0 aliphatic heterocycles. The molecule has 2 aromatic heterocycles. The van der Waals surface area contributed by atoms with Crippen LogP contribution in [0.25, 0.3) is 0 Å². The molecule has 20 heavy (non-hydrogen) atoms. The van der Waals surface area contributed by atoms with Gasteiger partial charge in [-0.05, 0) is 24.3 Å². The first-order valence-corrected chi connectivity index (χ1v) is 6.35. The highest BCUT2D eigenvalue weighted by Crippen LogP contribution is 2.05. The first-order valence-electron chi connectivity index (χ1n) is 6.35. The Kier molecular flexibility index (Phi) is 4.88. The first kappa shape index (κ1) is 13.8. The average molecular weight is 271 g/mol. The molecule has 0 aliphatic rings. The predicted molar refractivity (Wildman–Crippen MR) is 78.8 cm³/mol. The molecule has 0 saturated heterocycles. The molecule has 2 aromatic rings. The quantitative estimate of drug-likeness (QED) is 0.691. The fraction of sp³-hybridized carbons (Fsp3) is 0.214. The van der Waals surface area contributed by atoms with Gasteiger partial charge in [-0.2, -0.15) is 0 Å². The fourth-order valence-corrected chi connectivity index (χ4v) is 1.66. The van der Waals surface area contributed by atoms with E-state index in [2.05, 4.69) is 25.9 Å². The smallest absolute Gasteiger partial charge is 0.251 e. The van der Waals surface area contributed by atoms with Gasteiger partial charge in [0.15, 0.2) is 0 Å². The number of aromatic nitrogens is 2. The molecule has 104 valence electrons. The van der Waals surface area contributed by atoms with Crippen LogP contribution < -0.4 is 16.0 Å². The molecule has 2 heterocycles. The highest BCUT2D eigenvalue weighted by atomic mass is 16.1. The van der Waals surface area contributed by atoms with Crippen LogP contribution in [-0.2, 0) is 0 Å². The third-order valence-electron chi connectivity index (χ3n) is 2.68. The van der Waals surface area contributed by atoms with Gasteiger partial charge in [-0.15, -0.1) is 0 Å². The van der Waals surface area contributed by atoms with Crippen molar-refractivity contribution < 1.29 is 4.79 Å². The minimum absolute atomic E-state index is 0.114. The Balaban J connectivity index is 1.77. The van der Waals surface area contributed by atoms with Crippen LogP contribution in [0.3, 0.4) is 0 Å². The van der Waals surface area contributed by atoms with Crippen molar-refractivity contribution in [2.24, 2.45) is 0 Å². The van der Waals surface area contributed by atoms with E-state index in [4.69, 9.17) is 0 Å². The lowest BCUT2D eigenvalue weighted by atomic mass is 10.2. The Morgan fingerprint density at radius 2 is 2.15 bits per heavy atom. The van der Waals surface area contributed by atoms with E-state index in [1.54, 1.807) is 37.8 Å². The summed E-state index contributed by atoms with van der Waals surface area (Å²) in [6.07, 6.45) is 5.06. The molecule has 0 saturated carbocycles. The Hall–Kier alpha value is -2.63. The number of hydrogen-bond acceptors (Lipinski definition) is 5. The third-order valence-corrected chi connectivity index (χ3v) is 2.68. The lowest BCUT2D eigenvalue weighted by molar-refractivity contribution is 0.0955. The molecule has 0 atom stereocenters. The molecular formula is C14H17N5O. The van der Waals surface area contributed by atoms with Crippen LogP contribution in [-0.4, -0.2) is 36.0 Å². The molecule has 3 N–H and O–H groups in total. The van der Waals surface area contributed by atoms with Crippen molar-refractivity contribution in [3.05, 3.63) is 48.4 Å². The molecule has 6 heteroatoms. The van der Waals surface area contributed by atoms with Crippen molar-refractivity contribution in [2.45, 2.75) is 0 Å². The van der Waals surface area contributed by atoms with Gasteiger partial charge in [0.2, 0.25) is 0 Å². The van der Waals surface area contributed by atoms with Crippen molar-refractivity contribution in [1.82, 2.24) is 15.3 Å². The molecule has 0 unspecified atom stereocenters. The molecule has 0 aliphatic carbocycles. The second kappa shape index (κ2) is 7.08. The number of anilines is 2. The Morgan fingerprint density at radius 3 is 2.90 bits per heavy atom. The fourth-order valence-electron chi connectivity index (χ4n) is 1.66. The van der Waals surface area contributed by atoms with Crippen LogP contribution in [0.2, 0.25) is 0 Å². The maximum absolute atomic E-state index is 11.9. The second-order valence-corrected chi connectivity index (χ2v) is 4.10. The van der Waals surface area contributed by atoms with Crippen molar-refractivity contribution in [3.8, 4) is 0 Å². The molecule has 0 bridgehead atoms.